The van der Waals surface area contributed by atoms with E-state index in [1.165, 1.54) is 6.20 Å². The predicted octanol–water partition coefficient (Wildman–Crippen LogP) is 0.233. The molecule has 2 rings (SSSR count). The number of hydrogen-bond donors (Lipinski definition) is 4. The van der Waals surface area contributed by atoms with Gasteiger partial charge in [0.2, 0.25) is 5.91 Å². The van der Waals surface area contributed by atoms with E-state index in [-0.39, 0.29) is 5.91 Å². The molecule has 18 heavy (non-hydrogen) atoms. The van der Waals surface area contributed by atoms with Gasteiger partial charge in [-0.3, -0.25) is 9.78 Å². The van der Waals surface area contributed by atoms with Crippen molar-refractivity contribution < 1.29 is 4.79 Å². The molecule has 0 unspecified atom stereocenters. The molecule has 0 bridgehead atoms. The summed E-state index contributed by atoms with van der Waals surface area (Å²) >= 11 is 0. The third kappa shape index (κ3) is 4.17. The third-order valence-corrected chi connectivity index (χ3v) is 2.61. The van der Waals surface area contributed by atoms with Crippen molar-refractivity contribution in [2.45, 2.75) is 31.7 Å². The standard InChI is InChI=1S/C11H18N6O/c12-17-10-7-13-6-9(16-10)14-5-1-2-11(18)15-8-3-4-8/h6-8H,1-5,12H2,(H,15,18)(H2,14,16,17). The summed E-state index contributed by atoms with van der Waals surface area (Å²) in [4.78, 5) is 19.5. The zero-order valence-electron chi connectivity index (χ0n) is 10.1. The molecular formula is C11H18N6O. The molecule has 1 amide bonds. The second-order valence-corrected chi connectivity index (χ2v) is 4.31. The van der Waals surface area contributed by atoms with Crippen LogP contribution in [0.25, 0.3) is 0 Å². The first-order valence-corrected chi connectivity index (χ1v) is 6.10. The maximum atomic E-state index is 11.4. The lowest BCUT2D eigenvalue weighted by Gasteiger charge is -2.06. The number of nitrogens with two attached hydrogens (primary N) is 1. The van der Waals surface area contributed by atoms with Gasteiger partial charge in [-0.2, -0.15) is 0 Å². The van der Waals surface area contributed by atoms with Crippen molar-refractivity contribution in [3.8, 4) is 0 Å². The highest BCUT2D eigenvalue weighted by Crippen LogP contribution is 2.18. The average molecular weight is 250 g/mol. The van der Waals surface area contributed by atoms with Crippen molar-refractivity contribution in [2.24, 2.45) is 5.84 Å². The molecule has 1 aliphatic carbocycles. The molecule has 7 nitrogen and oxygen atoms in total. The number of carbonyl (C=O) groups excluding carboxylic acids is 1. The minimum atomic E-state index is 0.128. The largest absolute Gasteiger partial charge is 0.369 e. The minimum Gasteiger partial charge on any atom is -0.369 e. The number of carbonyl (C=O) groups is 1. The molecule has 1 aliphatic rings. The molecule has 98 valence electrons. The lowest BCUT2D eigenvalue weighted by atomic mass is 10.3. The highest BCUT2D eigenvalue weighted by Gasteiger charge is 2.22. The van der Waals surface area contributed by atoms with Crippen LogP contribution in [0.2, 0.25) is 0 Å². The molecule has 0 spiro atoms. The Morgan fingerprint density at radius 2 is 2.17 bits per heavy atom. The number of anilines is 2. The maximum Gasteiger partial charge on any atom is 0.220 e. The first-order chi connectivity index (χ1) is 8.78. The molecule has 1 fully saturated rings. The molecule has 1 aromatic rings. The quantitative estimate of drug-likeness (QED) is 0.314. The van der Waals surface area contributed by atoms with Gasteiger partial charge < -0.3 is 16.1 Å². The fourth-order valence-corrected chi connectivity index (χ4v) is 1.51. The zero-order chi connectivity index (χ0) is 12.8. The Kier molecular flexibility index (Phi) is 4.30. The molecule has 0 aromatic carbocycles. The van der Waals surface area contributed by atoms with E-state index < -0.39 is 0 Å². The zero-order valence-corrected chi connectivity index (χ0v) is 10.1. The summed E-state index contributed by atoms with van der Waals surface area (Å²) in [6.45, 7) is 0.681. The van der Waals surface area contributed by atoms with E-state index in [0.29, 0.717) is 30.6 Å². The van der Waals surface area contributed by atoms with Gasteiger partial charge in [-0.05, 0) is 19.3 Å². The Morgan fingerprint density at radius 1 is 1.39 bits per heavy atom. The summed E-state index contributed by atoms with van der Waals surface area (Å²) in [6, 6.07) is 0.434. The van der Waals surface area contributed by atoms with E-state index in [2.05, 4.69) is 26.0 Å². The van der Waals surface area contributed by atoms with Crippen LogP contribution in [0.3, 0.4) is 0 Å². The van der Waals surface area contributed by atoms with Gasteiger partial charge in [0.15, 0.2) is 5.82 Å². The van der Waals surface area contributed by atoms with Gasteiger partial charge in [0, 0.05) is 19.0 Å². The topological polar surface area (TPSA) is 105 Å². The second kappa shape index (κ2) is 6.15. The van der Waals surface area contributed by atoms with Gasteiger partial charge in [0.25, 0.3) is 0 Å². The van der Waals surface area contributed by atoms with Crippen LogP contribution in [0, 0.1) is 0 Å². The van der Waals surface area contributed by atoms with E-state index >= 15 is 0 Å². The first kappa shape index (κ1) is 12.6. The van der Waals surface area contributed by atoms with Gasteiger partial charge in [0.05, 0.1) is 12.4 Å². The van der Waals surface area contributed by atoms with E-state index in [1.54, 1.807) is 6.20 Å². The summed E-state index contributed by atoms with van der Waals surface area (Å²) < 4.78 is 0. The van der Waals surface area contributed by atoms with E-state index in [0.717, 1.165) is 19.3 Å². The molecule has 5 N–H and O–H groups in total. The van der Waals surface area contributed by atoms with Gasteiger partial charge in [-0.1, -0.05) is 0 Å². The van der Waals surface area contributed by atoms with Gasteiger partial charge >= 0.3 is 0 Å². The van der Waals surface area contributed by atoms with Crippen LogP contribution < -0.4 is 21.9 Å². The summed E-state index contributed by atoms with van der Waals surface area (Å²) in [5.41, 5.74) is 2.43. The van der Waals surface area contributed by atoms with Crippen LogP contribution in [0.15, 0.2) is 12.4 Å². The van der Waals surface area contributed by atoms with Crippen LogP contribution in [-0.4, -0.2) is 28.5 Å². The highest BCUT2D eigenvalue weighted by atomic mass is 16.1. The van der Waals surface area contributed by atoms with Gasteiger partial charge in [-0.25, -0.2) is 10.8 Å². The fraction of sp³-hybridized carbons (Fsp3) is 0.545. The van der Waals surface area contributed by atoms with E-state index in [9.17, 15) is 4.79 Å². The van der Waals surface area contributed by atoms with Crippen molar-refractivity contribution in [2.75, 3.05) is 17.3 Å². The summed E-state index contributed by atoms with van der Waals surface area (Å²) in [6.07, 6.45) is 6.70. The van der Waals surface area contributed by atoms with E-state index in [1.807, 2.05) is 0 Å². The Hall–Kier alpha value is -1.89. The molecule has 0 atom stereocenters. The molecule has 7 heteroatoms. The van der Waals surface area contributed by atoms with Crippen molar-refractivity contribution >= 4 is 17.5 Å². The normalized spacial score (nSPS) is 14.1. The Bertz CT molecular complexity index is 406. The fourth-order valence-electron chi connectivity index (χ4n) is 1.51. The molecule has 1 saturated carbocycles. The Labute approximate surface area is 106 Å². The SMILES string of the molecule is NNc1cncc(NCCCC(=O)NC2CC2)n1. The van der Waals surface area contributed by atoms with Crippen LogP contribution in [-0.2, 0) is 4.79 Å². The van der Waals surface area contributed by atoms with Crippen molar-refractivity contribution in [3.05, 3.63) is 12.4 Å². The smallest absolute Gasteiger partial charge is 0.220 e. The number of rotatable bonds is 7. The van der Waals surface area contributed by atoms with Crippen molar-refractivity contribution in [1.82, 2.24) is 15.3 Å². The second-order valence-electron chi connectivity index (χ2n) is 4.31. The number of aromatic nitrogens is 2. The van der Waals surface area contributed by atoms with Crippen molar-refractivity contribution in [1.29, 1.82) is 0 Å². The maximum absolute atomic E-state index is 11.4. The Morgan fingerprint density at radius 3 is 2.89 bits per heavy atom. The molecule has 1 aromatic heterocycles. The summed E-state index contributed by atoms with van der Waals surface area (Å²) in [5.74, 6) is 6.51. The monoisotopic (exact) mass is 250 g/mol. The molecule has 1 heterocycles. The molecule has 0 saturated heterocycles. The molecule has 0 aliphatic heterocycles. The number of amides is 1. The average Bonchev–Trinajstić information content (AvgIpc) is 3.19. The molecule has 0 radical (unpaired) electrons. The third-order valence-electron chi connectivity index (χ3n) is 2.61. The first-order valence-electron chi connectivity index (χ1n) is 6.10. The Balaban J connectivity index is 1.63. The summed E-state index contributed by atoms with van der Waals surface area (Å²) in [7, 11) is 0. The number of hydrazine groups is 1. The van der Waals surface area contributed by atoms with Gasteiger partial charge in [-0.15, -0.1) is 0 Å². The summed E-state index contributed by atoms with van der Waals surface area (Å²) in [5, 5.41) is 6.04. The lowest BCUT2D eigenvalue weighted by molar-refractivity contribution is -0.121. The lowest BCUT2D eigenvalue weighted by Crippen LogP contribution is -2.25. The van der Waals surface area contributed by atoms with Crippen LogP contribution in [0.4, 0.5) is 11.6 Å². The number of nitrogens with one attached hydrogen (secondary N) is 3. The predicted molar refractivity (Wildman–Crippen MR) is 68.7 cm³/mol. The van der Waals surface area contributed by atoms with Gasteiger partial charge in [0.1, 0.15) is 5.82 Å². The molecular weight excluding hydrogens is 232 g/mol. The van der Waals surface area contributed by atoms with E-state index in [4.69, 9.17) is 5.84 Å². The number of hydrogen-bond acceptors (Lipinski definition) is 6. The van der Waals surface area contributed by atoms with Crippen molar-refractivity contribution in [3.63, 3.8) is 0 Å². The minimum absolute atomic E-state index is 0.128. The number of nitrogen functional groups attached to an aromatic ring is 1. The van der Waals surface area contributed by atoms with Crippen LogP contribution in [0.1, 0.15) is 25.7 Å². The van der Waals surface area contributed by atoms with Crippen LogP contribution in [0.5, 0.6) is 0 Å². The van der Waals surface area contributed by atoms with Crippen LogP contribution >= 0.6 is 0 Å². The highest BCUT2D eigenvalue weighted by molar-refractivity contribution is 5.76. The number of nitrogens with zero attached hydrogens (tertiary/aromatic N) is 2.